The molecule has 0 spiro atoms. The molecule has 2 fully saturated rings. The lowest BCUT2D eigenvalue weighted by molar-refractivity contribution is 0.135. The minimum Gasteiger partial charge on any atom is -0.338 e. The van der Waals surface area contributed by atoms with Gasteiger partial charge in [0.05, 0.1) is 5.52 Å². The summed E-state index contributed by atoms with van der Waals surface area (Å²) in [6.07, 6.45) is 8.50. The number of hydrogen-bond acceptors (Lipinski definition) is 1. The van der Waals surface area contributed by atoms with E-state index in [-0.39, 0.29) is 0 Å². The van der Waals surface area contributed by atoms with E-state index in [0.717, 1.165) is 11.8 Å². The Bertz CT molecular complexity index is 1800. The number of fused-ring (bicyclic) bond motifs is 12. The summed E-state index contributed by atoms with van der Waals surface area (Å²) in [7, 11) is 0. The Hall–Kier alpha value is -3.46. The van der Waals surface area contributed by atoms with E-state index >= 15 is 0 Å². The van der Waals surface area contributed by atoms with Crippen LogP contribution in [0.4, 0.5) is 11.4 Å². The van der Waals surface area contributed by atoms with Crippen molar-refractivity contribution in [1.82, 2.24) is 4.57 Å². The molecule has 10 rings (SSSR count). The molecule has 2 aliphatic carbocycles. The molecule has 2 nitrogen and oxygen atoms in total. The van der Waals surface area contributed by atoms with Gasteiger partial charge in [-0.05, 0) is 71.2 Å². The van der Waals surface area contributed by atoms with E-state index in [1.54, 1.807) is 16.7 Å². The van der Waals surface area contributed by atoms with Crippen molar-refractivity contribution in [2.24, 2.45) is 11.8 Å². The maximum Gasteiger partial charge on any atom is 0.252 e. The van der Waals surface area contributed by atoms with Crippen LogP contribution in [-0.4, -0.2) is 17.3 Å². The molecule has 1 aromatic heterocycles. The lowest BCUT2D eigenvalue weighted by atomic mass is 9.34. The maximum absolute atomic E-state index is 2.84. The summed E-state index contributed by atoms with van der Waals surface area (Å²) in [5.74, 6) is 2.49. The minimum absolute atomic E-state index is 0.306. The second-order valence-electron chi connectivity index (χ2n) is 12.3. The average Bonchev–Trinajstić information content (AvgIpc) is 3.48. The van der Waals surface area contributed by atoms with Gasteiger partial charge in [0, 0.05) is 45.3 Å². The monoisotopic (exact) mass is 476 g/mol. The molecule has 0 N–H and O–H groups in total. The van der Waals surface area contributed by atoms with E-state index in [1.807, 2.05) is 0 Å². The van der Waals surface area contributed by atoms with Crippen LogP contribution in [0.2, 0.25) is 0 Å². The predicted molar refractivity (Wildman–Crippen MR) is 155 cm³/mol. The van der Waals surface area contributed by atoms with Crippen LogP contribution in [0.1, 0.15) is 50.0 Å². The standard InChI is InChI=1S/C34H29BN2/c1-2-9-21-20(8-1)18-19-28-31(21)24-12-6-14-26-34(24)37(28)30-17-7-16-29-32(30)35(26)25-13-5-11-23-22-10-3-4-15-27(22)36(29)33(23)25/h3-7,10-17,20-21,28,31H,1-2,8-9,18-19H2. The zero-order chi connectivity index (χ0) is 23.8. The topological polar surface area (TPSA) is 8.17 Å². The van der Waals surface area contributed by atoms with Gasteiger partial charge in [-0.1, -0.05) is 79.9 Å². The second kappa shape index (κ2) is 6.70. The third kappa shape index (κ3) is 2.20. The van der Waals surface area contributed by atoms with Crippen LogP contribution in [-0.2, 0) is 0 Å². The van der Waals surface area contributed by atoms with Gasteiger partial charge in [0.1, 0.15) is 0 Å². The summed E-state index contributed by atoms with van der Waals surface area (Å²) in [5.41, 5.74) is 13.4. The first-order valence-corrected chi connectivity index (χ1v) is 14.5. The normalized spacial score (nSPS) is 26.2. The van der Waals surface area contributed by atoms with Crippen molar-refractivity contribution in [3.8, 4) is 5.69 Å². The third-order valence-corrected chi connectivity index (χ3v) is 10.9. The zero-order valence-corrected chi connectivity index (χ0v) is 21.0. The first kappa shape index (κ1) is 19.6. The largest absolute Gasteiger partial charge is 0.338 e. The van der Waals surface area contributed by atoms with Crippen molar-refractivity contribution >= 4 is 56.3 Å². The van der Waals surface area contributed by atoms with E-state index in [9.17, 15) is 0 Å². The molecule has 3 aliphatic heterocycles. The molecule has 3 heteroatoms. The van der Waals surface area contributed by atoms with Crippen molar-refractivity contribution in [2.45, 2.75) is 50.5 Å². The van der Waals surface area contributed by atoms with Crippen molar-refractivity contribution in [3.63, 3.8) is 0 Å². The summed E-state index contributed by atoms with van der Waals surface area (Å²) >= 11 is 0. The van der Waals surface area contributed by atoms with Crippen LogP contribution >= 0.6 is 0 Å². The van der Waals surface area contributed by atoms with Gasteiger partial charge in [-0.25, -0.2) is 0 Å². The molecule has 178 valence electrons. The molecule has 2 saturated carbocycles. The Kier molecular flexibility index (Phi) is 3.55. The molecular formula is C34H29BN2. The minimum atomic E-state index is 0.306. The van der Waals surface area contributed by atoms with Crippen molar-refractivity contribution < 1.29 is 0 Å². The molecule has 4 aromatic carbocycles. The molecular weight excluding hydrogens is 447 g/mol. The fourth-order valence-corrected chi connectivity index (χ4v) is 9.72. The van der Waals surface area contributed by atoms with Crippen LogP contribution in [0.5, 0.6) is 0 Å². The third-order valence-electron chi connectivity index (χ3n) is 10.9. The van der Waals surface area contributed by atoms with Crippen molar-refractivity contribution in [2.75, 3.05) is 4.90 Å². The molecule has 4 unspecified atom stereocenters. The summed E-state index contributed by atoms with van der Waals surface area (Å²) in [6, 6.07) is 31.1. The molecule has 0 bridgehead atoms. The molecule has 0 radical (unpaired) electrons. The zero-order valence-electron chi connectivity index (χ0n) is 21.0. The van der Waals surface area contributed by atoms with Crippen LogP contribution in [0.15, 0.2) is 78.9 Å². The second-order valence-corrected chi connectivity index (χ2v) is 12.3. The van der Waals surface area contributed by atoms with Crippen molar-refractivity contribution in [3.05, 3.63) is 84.4 Å². The van der Waals surface area contributed by atoms with Crippen LogP contribution in [0, 0.1) is 11.8 Å². The first-order chi connectivity index (χ1) is 18.4. The summed E-state index contributed by atoms with van der Waals surface area (Å²) in [4.78, 5) is 2.84. The highest BCUT2D eigenvalue weighted by Gasteiger charge is 2.53. The number of rotatable bonds is 0. The Morgan fingerprint density at radius 3 is 2.49 bits per heavy atom. The van der Waals surface area contributed by atoms with Gasteiger partial charge in [0.25, 0.3) is 6.71 Å². The molecule has 5 aliphatic rings. The van der Waals surface area contributed by atoms with Gasteiger partial charge in [0.15, 0.2) is 0 Å². The average molecular weight is 476 g/mol. The molecule has 5 aromatic rings. The van der Waals surface area contributed by atoms with E-state index in [1.165, 1.54) is 82.6 Å². The molecule has 4 atom stereocenters. The van der Waals surface area contributed by atoms with E-state index in [0.29, 0.717) is 18.7 Å². The summed E-state index contributed by atoms with van der Waals surface area (Å²) < 4.78 is 2.58. The Morgan fingerprint density at radius 1 is 0.676 bits per heavy atom. The number of anilines is 2. The molecule has 4 heterocycles. The number of hydrogen-bond donors (Lipinski definition) is 0. The number of para-hydroxylation sites is 3. The van der Waals surface area contributed by atoms with Crippen molar-refractivity contribution in [1.29, 1.82) is 0 Å². The van der Waals surface area contributed by atoms with E-state index < -0.39 is 0 Å². The van der Waals surface area contributed by atoms with Gasteiger partial charge in [0.2, 0.25) is 0 Å². The SMILES string of the molecule is c1cc2c3c(c1)C1C4CCCCC4CCC1N3c1cccc3c1B2c1cccc2c4ccccc4n-3c12. The lowest BCUT2D eigenvalue weighted by Crippen LogP contribution is -2.61. The summed E-state index contributed by atoms with van der Waals surface area (Å²) in [6.45, 7) is 0.306. The first-order valence-electron chi connectivity index (χ1n) is 14.5. The fraction of sp³-hybridized carbons (Fsp3) is 0.294. The van der Waals surface area contributed by atoms with Crippen LogP contribution in [0.25, 0.3) is 27.5 Å². The highest BCUT2D eigenvalue weighted by atomic mass is 15.2. The highest BCUT2D eigenvalue weighted by molar-refractivity contribution is 7.00. The van der Waals surface area contributed by atoms with Gasteiger partial charge < -0.3 is 9.47 Å². The van der Waals surface area contributed by atoms with Crippen LogP contribution < -0.4 is 21.3 Å². The van der Waals surface area contributed by atoms with Crippen LogP contribution in [0.3, 0.4) is 0 Å². The van der Waals surface area contributed by atoms with E-state index in [4.69, 9.17) is 0 Å². The maximum atomic E-state index is 2.84. The lowest BCUT2D eigenvalue weighted by Gasteiger charge is -2.46. The van der Waals surface area contributed by atoms with Gasteiger partial charge >= 0.3 is 0 Å². The molecule has 0 amide bonds. The predicted octanol–water partition coefficient (Wildman–Crippen LogP) is 6.13. The summed E-state index contributed by atoms with van der Waals surface area (Å²) in [5, 5.41) is 2.75. The van der Waals surface area contributed by atoms with Gasteiger partial charge in [-0.3, -0.25) is 0 Å². The van der Waals surface area contributed by atoms with E-state index in [2.05, 4.69) is 88.3 Å². The molecule has 37 heavy (non-hydrogen) atoms. The Labute approximate surface area is 218 Å². The number of aromatic nitrogens is 1. The molecule has 0 saturated heterocycles. The van der Waals surface area contributed by atoms with Gasteiger partial charge in [-0.15, -0.1) is 0 Å². The number of benzene rings is 4. The quantitative estimate of drug-likeness (QED) is 0.240. The Morgan fingerprint density at radius 2 is 1.49 bits per heavy atom. The Balaban J connectivity index is 1.32. The highest BCUT2D eigenvalue weighted by Crippen LogP contribution is 2.58. The fourth-order valence-electron chi connectivity index (χ4n) is 9.72. The van der Waals surface area contributed by atoms with Gasteiger partial charge in [-0.2, -0.15) is 0 Å². The number of nitrogens with zero attached hydrogens (tertiary/aromatic N) is 2. The smallest absolute Gasteiger partial charge is 0.252 e.